The first-order chi connectivity index (χ1) is 13.4. The third-order valence-corrected chi connectivity index (χ3v) is 1.92. The largest absolute Gasteiger partial charge is 0.519 e. The molecule has 0 radical (unpaired) electrons. The number of alkyl carbamates (subject to hydrolysis) is 1. The van der Waals surface area contributed by atoms with E-state index in [1.165, 1.54) is 0 Å². The van der Waals surface area contributed by atoms with Gasteiger partial charge in [-0.25, -0.2) is 14.4 Å². The molecule has 0 saturated heterocycles. The number of carbonyl (C=O) groups is 3. The third-order valence-electron chi connectivity index (χ3n) is 1.92. The van der Waals surface area contributed by atoms with Crippen LogP contribution in [0.1, 0.15) is 69.7 Å². The van der Waals surface area contributed by atoms with Gasteiger partial charge in [0.2, 0.25) is 0 Å². The Morgan fingerprint density at radius 3 is 1.19 bits per heavy atom. The number of amides is 1. The average molecular weight is 455 g/mol. The zero-order valence-corrected chi connectivity index (χ0v) is 19.9. The lowest BCUT2D eigenvalue weighted by molar-refractivity contribution is -0.0294. The molecule has 188 valence electrons. The molecule has 0 aromatic heterocycles. The van der Waals surface area contributed by atoms with E-state index in [1.54, 1.807) is 41.5 Å². The van der Waals surface area contributed by atoms with Crippen LogP contribution in [0.3, 0.4) is 0 Å². The van der Waals surface area contributed by atoms with Crippen LogP contribution in [-0.2, 0) is 18.9 Å². The van der Waals surface area contributed by atoms with E-state index in [2.05, 4.69) is 10.1 Å². The molecule has 0 saturated carbocycles. The average Bonchev–Trinajstić information content (AvgIpc) is 2.48. The Bertz CT molecular complexity index is 465. The number of ether oxygens (including phenoxy) is 4. The number of nitrogens with one attached hydrogen (secondary N) is 1. The van der Waals surface area contributed by atoms with Gasteiger partial charge in [0.25, 0.3) is 0 Å². The Hall–Kier alpha value is -2.11. The van der Waals surface area contributed by atoms with Crippen LogP contribution in [0.25, 0.3) is 0 Å². The minimum atomic E-state index is -1.06. The smallest absolute Gasteiger partial charge is 0.444 e. The molecule has 0 aliphatic rings. The van der Waals surface area contributed by atoms with Crippen molar-refractivity contribution in [2.24, 2.45) is 17.2 Å². The van der Waals surface area contributed by atoms with Gasteiger partial charge in [-0.3, -0.25) is 0 Å². The van der Waals surface area contributed by atoms with Crippen molar-refractivity contribution in [3.8, 4) is 0 Å². The molecule has 0 aromatic carbocycles. The molecule has 11 heteroatoms. The Morgan fingerprint density at radius 1 is 0.645 bits per heavy atom. The predicted octanol–water partition coefficient (Wildman–Crippen LogP) is 2.88. The van der Waals surface area contributed by atoms with Crippen LogP contribution in [0.5, 0.6) is 0 Å². The van der Waals surface area contributed by atoms with Crippen LogP contribution in [-0.4, -0.2) is 61.4 Å². The second-order valence-electron chi connectivity index (χ2n) is 8.83. The van der Waals surface area contributed by atoms with Crippen molar-refractivity contribution in [1.29, 1.82) is 0 Å². The minimum absolute atomic E-state index is 0. The fourth-order valence-electron chi connectivity index (χ4n) is 1.10. The summed E-state index contributed by atoms with van der Waals surface area (Å²) in [5, 5.41) is 2.50. The Labute approximate surface area is 187 Å². The van der Waals surface area contributed by atoms with E-state index in [-0.39, 0.29) is 7.43 Å². The van der Waals surface area contributed by atoms with Crippen LogP contribution < -0.4 is 22.5 Å². The number of hydrogen-bond donors (Lipinski definition) is 4. The van der Waals surface area contributed by atoms with E-state index >= 15 is 0 Å². The zero-order valence-electron chi connectivity index (χ0n) is 19.9. The normalized spacial score (nSPS) is 10.6. The van der Waals surface area contributed by atoms with E-state index in [9.17, 15) is 14.4 Å². The van der Waals surface area contributed by atoms with Gasteiger partial charge in [0, 0.05) is 26.2 Å². The Morgan fingerprint density at radius 2 is 0.968 bits per heavy atom. The minimum Gasteiger partial charge on any atom is -0.444 e. The molecule has 31 heavy (non-hydrogen) atoms. The van der Waals surface area contributed by atoms with Crippen LogP contribution >= 0.6 is 0 Å². The van der Waals surface area contributed by atoms with Gasteiger partial charge in [-0.1, -0.05) is 7.43 Å². The van der Waals surface area contributed by atoms with E-state index in [4.69, 9.17) is 31.4 Å². The second-order valence-corrected chi connectivity index (χ2v) is 8.83. The molecular weight excluding hydrogens is 408 g/mol. The molecule has 0 aliphatic heterocycles. The van der Waals surface area contributed by atoms with Gasteiger partial charge in [-0.15, -0.1) is 0 Å². The zero-order chi connectivity index (χ0) is 24.6. The van der Waals surface area contributed by atoms with E-state index < -0.39 is 35.2 Å². The van der Waals surface area contributed by atoms with Crippen molar-refractivity contribution >= 4 is 18.4 Å². The fourth-order valence-corrected chi connectivity index (χ4v) is 1.10. The monoisotopic (exact) mass is 454 g/mol. The summed E-state index contributed by atoms with van der Waals surface area (Å²) in [7, 11) is 0. The maximum absolute atomic E-state index is 11.0. The molecule has 0 bridgehead atoms. The Kier molecular flexibility index (Phi) is 20.5. The highest BCUT2D eigenvalue weighted by Crippen LogP contribution is 2.11. The van der Waals surface area contributed by atoms with Gasteiger partial charge in [-0.2, -0.15) is 0 Å². The molecule has 1 amide bonds. The van der Waals surface area contributed by atoms with Crippen molar-refractivity contribution in [2.45, 2.75) is 86.5 Å². The van der Waals surface area contributed by atoms with Crippen molar-refractivity contribution in [1.82, 2.24) is 5.32 Å². The van der Waals surface area contributed by atoms with E-state index in [0.29, 0.717) is 26.2 Å². The molecule has 0 aliphatic carbocycles. The quantitative estimate of drug-likeness (QED) is 0.281. The lowest BCUT2D eigenvalue weighted by Gasteiger charge is -2.20. The first-order valence-electron chi connectivity index (χ1n) is 9.57. The summed E-state index contributed by atoms with van der Waals surface area (Å²) in [6, 6.07) is 0. The van der Waals surface area contributed by atoms with Gasteiger partial charge in [0.15, 0.2) is 0 Å². The molecule has 0 spiro atoms. The van der Waals surface area contributed by atoms with Crippen molar-refractivity contribution in [2.75, 3.05) is 26.2 Å². The topological polar surface area (TPSA) is 178 Å². The molecule has 0 fully saturated rings. The molecular formula is C20H46N4O7. The number of hydrogen-bond acceptors (Lipinski definition) is 10. The third kappa shape index (κ3) is 39.0. The van der Waals surface area contributed by atoms with Gasteiger partial charge in [0.1, 0.15) is 16.8 Å². The predicted molar refractivity (Wildman–Crippen MR) is 122 cm³/mol. The molecule has 0 unspecified atom stereocenters. The lowest BCUT2D eigenvalue weighted by atomic mass is 10.2. The first-order valence-corrected chi connectivity index (χ1v) is 9.57. The summed E-state index contributed by atoms with van der Waals surface area (Å²) in [5.41, 5.74) is 13.2. The maximum atomic E-state index is 11.0. The fraction of sp³-hybridized carbons (Fsp3) is 0.850. The molecule has 7 N–H and O–H groups in total. The van der Waals surface area contributed by atoms with Gasteiger partial charge >= 0.3 is 18.4 Å². The summed E-state index contributed by atoms with van der Waals surface area (Å²) in [6.07, 6.45) is -2.53. The van der Waals surface area contributed by atoms with Crippen LogP contribution in [0.4, 0.5) is 14.4 Å². The summed E-state index contributed by atoms with van der Waals surface area (Å²) in [5.74, 6) is 0. The summed E-state index contributed by atoms with van der Waals surface area (Å²) >= 11 is 0. The maximum Gasteiger partial charge on any atom is 0.519 e. The lowest BCUT2D eigenvalue weighted by Crippen LogP contribution is -2.35. The molecule has 11 nitrogen and oxygen atoms in total. The Balaban J connectivity index is -0.000000201. The van der Waals surface area contributed by atoms with Crippen LogP contribution in [0, 0.1) is 0 Å². The summed E-state index contributed by atoms with van der Waals surface area (Å²) in [4.78, 5) is 32.8. The van der Waals surface area contributed by atoms with Crippen LogP contribution in [0.2, 0.25) is 0 Å². The summed E-state index contributed by atoms with van der Waals surface area (Å²) in [6.45, 7) is 17.5. The molecule has 0 atom stereocenters. The number of nitrogens with two attached hydrogens (primary N) is 3. The van der Waals surface area contributed by atoms with Gasteiger partial charge in [0.05, 0.1) is 0 Å². The van der Waals surface area contributed by atoms with E-state index in [0.717, 1.165) is 0 Å². The highest BCUT2D eigenvalue weighted by molar-refractivity contribution is 5.77. The van der Waals surface area contributed by atoms with Crippen molar-refractivity contribution in [3.05, 3.63) is 0 Å². The summed E-state index contributed by atoms with van der Waals surface area (Å²) < 4.78 is 18.7. The standard InChI is InChI=1S/C10H18O5.C7H16N2O2.C2H8N2.CH4/c1-9(2,3)14-7(11)13-8(12)15-10(4,5)6;1-7(2,3)11-6(10)9-5-4-8;3-1-2-4;/h1-6H3;4-5,8H2,1-3H3,(H,9,10);1-4H2;1H4. The van der Waals surface area contributed by atoms with Crippen molar-refractivity contribution in [3.63, 3.8) is 0 Å². The first kappa shape index (κ1) is 36.3. The van der Waals surface area contributed by atoms with Crippen molar-refractivity contribution < 1.29 is 33.3 Å². The highest BCUT2D eigenvalue weighted by atomic mass is 16.8. The number of rotatable bonds is 3. The molecule has 0 heterocycles. The molecule has 0 rings (SSSR count). The van der Waals surface area contributed by atoms with E-state index in [1.807, 2.05) is 20.8 Å². The number of carbonyl (C=O) groups excluding carboxylic acids is 3. The van der Waals surface area contributed by atoms with Gasteiger partial charge < -0.3 is 41.5 Å². The second kappa shape index (κ2) is 17.6. The SMILES string of the molecule is C.CC(C)(C)OC(=O)NCCN.CC(C)(C)OC(=O)OC(=O)OC(C)(C)C.NCCN. The van der Waals surface area contributed by atoms with Gasteiger partial charge in [-0.05, 0) is 62.3 Å². The highest BCUT2D eigenvalue weighted by Gasteiger charge is 2.24. The molecule has 0 aromatic rings. The van der Waals surface area contributed by atoms with Crippen LogP contribution in [0.15, 0.2) is 0 Å².